The Bertz CT molecular complexity index is 451. The summed E-state index contributed by atoms with van der Waals surface area (Å²) >= 11 is 6.58. The van der Waals surface area contributed by atoms with Crippen LogP contribution >= 0.6 is 31.9 Å². The number of hydrogen-bond donors (Lipinski definition) is 2. The Labute approximate surface area is 109 Å². The second-order valence-corrected chi connectivity index (χ2v) is 5.23. The van der Waals surface area contributed by atoms with Gasteiger partial charge in [-0.25, -0.2) is 4.98 Å². The van der Waals surface area contributed by atoms with E-state index in [1.54, 1.807) is 11.1 Å². The summed E-state index contributed by atoms with van der Waals surface area (Å²) in [6.45, 7) is 0.484. The number of anilines is 2. The number of nitrogens with zero attached hydrogens (tertiary/aromatic N) is 2. The van der Waals surface area contributed by atoms with Crippen LogP contribution in [-0.2, 0) is 4.79 Å². The highest BCUT2D eigenvalue weighted by Gasteiger charge is 2.31. The normalized spacial score (nSPS) is 20.6. The van der Waals surface area contributed by atoms with Gasteiger partial charge in [0.2, 0.25) is 5.91 Å². The minimum atomic E-state index is -0.134. The fourth-order valence-electron chi connectivity index (χ4n) is 1.70. The standard InChI is InChI=1S/C9H10Br2N4O/c10-5-2-14-9(11)7(13)8(5)15-3-4(12)1-6(15)16/h2,4H,1,3,12-13H2. The highest BCUT2D eigenvalue weighted by atomic mass is 79.9. The summed E-state index contributed by atoms with van der Waals surface area (Å²) in [5.41, 5.74) is 12.7. The van der Waals surface area contributed by atoms with Crippen LogP contribution in [-0.4, -0.2) is 23.5 Å². The van der Waals surface area contributed by atoms with E-state index in [1.165, 1.54) is 0 Å². The van der Waals surface area contributed by atoms with Crippen molar-refractivity contribution in [1.29, 1.82) is 0 Å². The minimum Gasteiger partial charge on any atom is -0.395 e. The van der Waals surface area contributed by atoms with Crippen molar-refractivity contribution in [1.82, 2.24) is 4.98 Å². The Balaban J connectivity index is 2.48. The van der Waals surface area contributed by atoms with E-state index in [1.807, 2.05) is 0 Å². The molecule has 5 nitrogen and oxygen atoms in total. The topological polar surface area (TPSA) is 85.2 Å². The molecule has 7 heteroatoms. The molecule has 2 rings (SSSR count). The summed E-state index contributed by atoms with van der Waals surface area (Å²) < 4.78 is 1.22. The predicted octanol–water partition coefficient (Wildman–Crippen LogP) is 1.25. The van der Waals surface area contributed by atoms with Gasteiger partial charge in [0, 0.05) is 25.2 Å². The second-order valence-electron chi connectivity index (χ2n) is 3.63. The summed E-state index contributed by atoms with van der Waals surface area (Å²) in [6, 6.07) is -0.134. The van der Waals surface area contributed by atoms with Gasteiger partial charge in [-0.1, -0.05) is 0 Å². The van der Waals surface area contributed by atoms with E-state index >= 15 is 0 Å². The van der Waals surface area contributed by atoms with Gasteiger partial charge in [-0.2, -0.15) is 0 Å². The van der Waals surface area contributed by atoms with Crippen molar-refractivity contribution >= 4 is 49.1 Å². The van der Waals surface area contributed by atoms with E-state index in [4.69, 9.17) is 11.5 Å². The zero-order valence-electron chi connectivity index (χ0n) is 8.28. The van der Waals surface area contributed by atoms with E-state index in [0.29, 0.717) is 33.4 Å². The van der Waals surface area contributed by atoms with Gasteiger partial charge in [0.05, 0.1) is 15.8 Å². The van der Waals surface area contributed by atoms with E-state index in [0.717, 1.165) is 0 Å². The summed E-state index contributed by atoms with van der Waals surface area (Å²) in [5, 5.41) is 0. The Hall–Kier alpha value is -0.660. The highest BCUT2D eigenvalue weighted by Crippen LogP contribution is 2.37. The number of carbonyl (C=O) groups excluding carboxylic acids is 1. The van der Waals surface area contributed by atoms with Crippen LogP contribution in [0.5, 0.6) is 0 Å². The molecule has 0 saturated carbocycles. The predicted molar refractivity (Wildman–Crippen MR) is 69.0 cm³/mol. The van der Waals surface area contributed by atoms with Gasteiger partial charge in [-0.3, -0.25) is 4.79 Å². The number of amides is 1. The monoisotopic (exact) mass is 348 g/mol. The molecule has 86 valence electrons. The van der Waals surface area contributed by atoms with Crippen LogP contribution in [0.2, 0.25) is 0 Å². The Kier molecular flexibility index (Phi) is 3.18. The molecule has 0 spiro atoms. The average molecular weight is 350 g/mol. The third kappa shape index (κ3) is 1.94. The molecule has 0 aromatic carbocycles. The molecule has 1 saturated heterocycles. The lowest BCUT2D eigenvalue weighted by molar-refractivity contribution is -0.117. The zero-order chi connectivity index (χ0) is 11.9. The van der Waals surface area contributed by atoms with Gasteiger partial charge in [-0.15, -0.1) is 0 Å². The van der Waals surface area contributed by atoms with Crippen LogP contribution in [0.1, 0.15) is 6.42 Å². The smallest absolute Gasteiger partial charge is 0.228 e. The number of carbonyl (C=O) groups is 1. The third-order valence-corrected chi connectivity index (χ3v) is 3.63. The lowest BCUT2D eigenvalue weighted by Crippen LogP contribution is -2.29. The van der Waals surface area contributed by atoms with E-state index < -0.39 is 0 Å². The fourth-order valence-corrected chi connectivity index (χ4v) is 2.52. The first-order chi connectivity index (χ1) is 7.50. The minimum absolute atomic E-state index is 0.0157. The maximum atomic E-state index is 11.7. The highest BCUT2D eigenvalue weighted by molar-refractivity contribution is 9.11. The molecule has 1 aliphatic heterocycles. The molecule has 1 atom stereocenters. The van der Waals surface area contributed by atoms with Crippen molar-refractivity contribution in [2.45, 2.75) is 12.5 Å². The van der Waals surface area contributed by atoms with Crippen LogP contribution in [0.3, 0.4) is 0 Å². The van der Waals surface area contributed by atoms with Crippen molar-refractivity contribution in [2.75, 3.05) is 17.2 Å². The van der Waals surface area contributed by atoms with Crippen LogP contribution in [0, 0.1) is 0 Å². The van der Waals surface area contributed by atoms with Crippen molar-refractivity contribution in [3.8, 4) is 0 Å². The van der Waals surface area contributed by atoms with Gasteiger partial charge >= 0.3 is 0 Å². The molecular formula is C9H10Br2N4O. The Morgan fingerprint density at radius 3 is 2.75 bits per heavy atom. The number of pyridine rings is 1. The van der Waals surface area contributed by atoms with Gasteiger partial charge < -0.3 is 16.4 Å². The largest absolute Gasteiger partial charge is 0.395 e. The first-order valence-electron chi connectivity index (χ1n) is 4.66. The molecule has 0 radical (unpaired) electrons. The number of hydrogen-bond acceptors (Lipinski definition) is 4. The van der Waals surface area contributed by atoms with Crippen LogP contribution < -0.4 is 16.4 Å². The number of aromatic nitrogens is 1. The molecule has 1 aromatic rings. The molecular weight excluding hydrogens is 340 g/mol. The summed E-state index contributed by atoms with van der Waals surface area (Å²) in [5.74, 6) is -0.0157. The molecule has 1 aliphatic rings. The summed E-state index contributed by atoms with van der Waals surface area (Å²) in [4.78, 5) is 17.4. The summed E-state index contributed by atoms with van der Waals surface area (Å²) in [7, 11) is 0. The number of nitrogen functional groups attached to an aromatic ring is 1. The Morgan fingerprint density at radius 2 is 2.19 bits per heavy atom. The lowest BCUT2D eigenvalue weighted by atomic mass is 10.3. The fraction of sp³-hybridized carbons (Fsp3) is 0.333. The van der Waals surface area contributed by atoms with Gasteiger partial charge in [0.1, 0.15) is 4.60 Å². The van der Waals surface area contributed by atoms with E-state index in [2.05, 4.69) is 36.8 Å². The molecule has 16 heavy (non-hydrogen) atoms. The van der Waals surface area contributed by atoms with Crippen LogP contribution in [0.15, 0.2) is 15.3 Å². The van der Waals surface area contributed by atoms with Gasteiger partial charge in [0.15, 0.2) is 0 Å². The molecule has 1 fully saturated rings. The van der Waals surface area contributed by atoms with Crippen molar-refractivity contribution in [3.63, 3.8) is 0 Å². The van der Waals surface area contributed by atoms with Gasteiger partial charge in [0.25, 0.3) is 0 Å². The zero-order valence-corrected chi connectivity index (χ0v) is 11.5. The van der Waals surface area contributed by atoms with E-state index in [-0.39, 0.29) is 11.9 Å². The SMILES string of the molecule is Nc1c(Br)ncc(Br)c1N1CC(N)CC1=O. The molecule has 4 N–H and O–H groups in total. The van der Waals surface area contributed by atoms with Crippen LogP contribution in [0.4, 0.5) is 11.4 Å². The van der Waals surface area contributed by atoms with Crippen molar-refractivity contribution in [3.05, 3.63) is 15.3 Å². The third-order valence-electron chi connectivity index (χ3n) is 2.42. The van der Waals surface area contributed by atoms with Crippen molar-refractivity contribution in [2.24, 2.45) is 5.73 Å². The number of halogens is 2. The molecule has 1 unspecified atom stereocenters. The summed E-state index contributed by atoms with van der Waals surface area (Å²) in [6.07, 6.45) is 1.96. The maximum absolute atomic E-state index is 11.7. The van der Waals surface area contributed by atoms with Crippen LogP contribution in [0.25, 0.3) is 0 Å². The molecule has 2 heterocycles. The molecule has 0 bridgehead atoms. The molecule has 1 amide bonds. The quantitative estimate of drug-likeness (QED) is 0.747. The Morgan fingerprint density at radius 1 is 1.50 bits per heavy atom. The lowest BCUT2D eigenvalue weighted by Gasteiger charge is -2.20. The number of nitrogens with two attached hydrogens (primary N) is 2. The molecule has 0 aliphatic carbocycles. The number of rotatable bonds is 1. The first-order valence-corrected chi connectivity index (χ1v) is 6.24. The van der Waals surface area contributed by atoms with Gasteiger partial charge in [-0.05, 0) is 31.9 Å². The molecule has 1 aromatic heterocycles. The average Bonchev–Trinajstić information content (AvgIpc) is 2.53. The van der Waals surface area contributed by atoms with E-state index in [9.17, 15) is 4.79 Å². The first kappa shape index (κ1) is 11.8. The second kappa shape index (κ2) is 4.31. The maximum Gasteiger partial charge on any atom is 0.228 e. The van der Waals surface area contributed by atoms with Crippen molar-refractivity contribution < 1.29 is 4.79 Å².